The van der Waals surface area contributed by atoms with Crippen LogP contribution < -0.4 is 5.32 Å². The van der Waals surface area contributed by atoms with Crippen molar-refractivity contribution in [1.82, 2.24) is 9.97 Å². The molecule has 0 saturated carbocycles. The minimum Gasteiger partial charge on any atom is -0.321 e. The van der Waals surface area contributed by atoms with Crippen molar-refractivity contribution < 1.29 is 4.79 Å². The van der Waals surface area contributed by atoms with Gasteiger partial charge in [-0.1, -0.05) is 36.4 Å². The Kier molecular flexibility index (Phi) is 3.20. The molecule has 0 atom stereocenters. The van der Waals surface area contributed by atoms with Gasteiger partial charge in [0, 0.05) is 17.0 Å². The number of rotatable bonds is 2. The summed E-state index contributed by atoms with van der Waals surface area (Å²) in [6.45, 7) is 0. The van der Waals surface area contributed by atoms with Gasteiger partial charge in [-0.15, -0.1) is 0 Å². The number of anilines is 1. The van der Waals surface area contributed by atoms with Gasteiger partial charge in [-0.05, 0) is 24.3 Å². The van der Waals surface area contributed by atoms with Gasteiger partial charge in [0.2, 0.25) is 0 Å². The van der Waals surface area contributed by atoms with Gasteiger partial charge in [0.15, 0.2) is 0 Å². The Balaban J connectivity index is 1.70. The van der Waals surface area contributed by atoms with Crippen molar-refractivity contribution in [3.63, 3.8) is 0 Å². The third kappa shape index (κ3) is 2.51. The molecule has 4 nitrogen and oxygen atoms in total. The predicted molar refractivity (Wildman–Crippen MR) is 91.4 cm³/mol. The molecule has 0 radical (unpaired) electrons. The highest BCUT2D eigenvalue weighted by Gasteiger charge is 2.11. The number of fused-ring (bicyclic) bond motifs is 2. The topological polar surface area (TPSA) is 54.9 Å². The second kappa shape index (κ2) is 5.50. The first kappa shape index (κ1) is 13.4. The molecule has 0 bridgehead atoms. The minimum atomic E-state index is -0.189. The molecule has 4 heteroatoms. The highest BCUT2D eigenvalue weighted by molar-refractivity contribution is 6.12. The Labute approximate surface area is 132 Å². The van der Waals surface area contributed by atoms with E-state index in [-0.39, 0.29) is 5.91 Å². The number of nitrogens with one attached hydrogen (secondary N) is 1. The first-order valence-electron chi connectivity index (χ1n) is 7.31. The average Bonchev–Trinajstić information content (AvgIpc) is 2.61. The number of benzene rings is 2. The Bertz CT molecular complexity index is 1020. The van der Waals surface area contributed by atoms with Gasteiger partial charge in [-0.3, -0.25) is 14.8 Å². The third-order valence-electron chi connectivity index (χ3n) is 3.73. The number of carbonyl (C=O) groups excluding carboxylic acids is 1. The zero-order valence-electron chi connectivity index (χ0n) is 12.2. The van der Waals surface area contributed by atoms with Gasteiger partial charge in [-0.2, -0.15) is 0 Å². The molecule has 2 heterocycles. The molecule has 4 aromatic rings. The maximum atomic E-state index is 12.6. The first-order valence-corrected chi connectivity index (χ1v) is 7.31. The zero-order valence-corrected chi connectivity index (χ0v) is 12.2. The monoisotopic (exact) mass is 299 g/mol. The highest BCUT2D eigenvalue weighted by Crippen LogP contribution is 2.19. The number of nitrogens with zero attached hydrogens (tertiary/aromatic N) is 2. The second-order valence-corrected chi connectivity index (χ2v) is 5.25. The van der Waals surface area contributed by atoms with E-state index in [4.69, 9.17) is 0 Å². The Morgan fingerprint density at radius 3 is 2.65 bits per heavy atom. The lowest BCUT2D eigenvalue weighted by atomic mass is 10.1. The predicted octanol–water partition coefficient (Wildman–Crippen LogP) is 4.04. The quantitative estimate of drug-likeness (QED) is 0.608. The molecule has 1 amide bonds. The summed E-state index contributed by atoms with van der Waals surface area (Å²) in [7, 11) is 0. The van der Waals surface area contributed by atoms with Crippen LogP contribution in [0.2, 0.25) is 0 Å². The molecule has 0 saturated heterocycles. The highest BCUT2D eigenvalue weighted by atomic mass is 16.1. The van der Waals surface area contributed by atoms with E-state index in [1.807, 2.05) is 54.6 Å². The van der Waals surface area contributed by atoms with Crippen LogP contribution >= 0.6 is 0 Å². The number of pyridine rings is 2. The van der Waals surface area contributed by atoms with Crippen molar-refractivity contribution in [2.24, 2.45) is 0 Å². The molecule has 0 aliphatic heterocycles. The maximum absolute atomic E-state index is 12.6. The van der Waals surface area contributed by atoms with Crippen LogP contribution in [-0.4, -0.2) is 15.9 Å². The molecule has 2 aromatic heterocycles. The van der Waals surface area contributed by atoms with E-state index in [1.54, 1.807) is 18.5 Å². The molecule has 1 N–H and O–H groups in total. The van der Waals surface area contributed by atoms with Gasteiger partial charge in [0.05, 0.1) is 28.5 Å². The van der Waals surface area contributed by atoms with Gasteiger partial charge < -0.3 is 5.32 Å². The summed E-state index contributed by atoms with van der Waals surface area (Å²) in [5.41, 5.74) is 2.82. The summed E-state index contributed by atoms with van der Waals surface area (Å²) in [6.07, 6.45) is 3.36. The van der Waals surface area contributed by atoms with Gasteiger partial charge in [0.1, 0.15) is 0 Å². The minimum absolute atomic E-state index is 0.189. The standard InChI is InChI=1S/C19H13N3O/c23-19(16-8-3-6-13-7-4-10-20-18(13)16)22-15-11-14-5-1-2-9-17(14)21-12-15/h1-12H,(H,22,23). The molecular formula is C19H13N3O. The van der Waals surface area contributed by atoms with Gasteiger partial charge in [0.25, 0.3) is 5.91 Å². The van der Waals surface area contributed by atoms with E-state index >= 15 is 0 Å². The smallest absolute Gasteiger partial charge is 0.257 e. The molecule has 110 valence electrons. The van der Waals surface area contributed by atoms with E-state index in [1.165, 1.54) is 0 Å². The summed E-state index contributed by atoms with van der Waals surface area (Å²) in [4.78, 5) is 21.3. The lowest BCUT2D eigenvalue weighted by Crippen LogP contribution is -2.13. The summed E-state index contributed by atoms with van der Waals surface area (Å²) in [5.74, 6) is -0.189. The molecule has 0 aliphatic rings. The molecular weight excluding hydrogens is 286 g/mol. The van der Waals surface area contributed by atoms with Crippen LogP contribution in [-0.2, 0) is 0 Å². The number of amides is 1. The van der Waals surface area contributed by atoms with Crippen molar-refractivity contribution in [3.05, 3.63) is 78.6 Å². The van der Waals surface area contributed by atoms with Crippen LogP contribution in [0, 0.1) is 0 Å². The van der Waals surface area contributed by atoms with Gasteiger partial charge >= 0.3 is 0 Å². The van der Waals surface area contributed by atoms with Crippen LogP contribution in [0.4, 0.5) is 5.69 Å². The number of aromatic nitrogens is 2. The van der Waals surface area contributed by atoms with Crippen molar-refractivity contribution in [2.75, 3.05) is 5.32 Å². The Hall–Kier alpha value is -3.27. The summed E-state index contributed by atoms with van der Waals surface area (Å²) in [5, 5.41) is 4.83. The zero-order chi connectivity index (χ0) is 15.6. The van der Waals surface area contributed by atoms with E-state index in [0.717, 1.165) is 16.3 Å². The molecule has 0 spiro atoms. The van der Waals surface area contributed by atoms with Crippen LogP contribution in [0.1, 0.15) is 10.4 Å². The average molecular weight is 299 g/mol. The lowest BCUT2D eigenvalue weighted by Gasteiger charge is -2.08. The van der Waals surface area contributed by atoms with E-state index in [2.05, 4.69) is 15.3 Å². The normalized spacial score (nSPS) is 10.8. The third-order valence-corrected chi connectivity index (χ3v) is 3.73. The number of para-hydroxylation sites is 2. The lowest BCUT2D eigenvalue weighted by molar-refractivity contribution is 0.102. The van der Waals surface area contributed by atoms with Crippen LogP contribution in [0.15, 0.2) is 73.1 Å². The maximum Gasteiger partial charge on any atom is 0.257 e. The number of hydrogen-bond acceptors (Lipinski definition) is 3. The van der Waals surface area contributed by atoms with Crippen molar-refractivity contribution in [2.45, 2.75) is 0 Å². The summed E-state index contributed by atoms with van der Waals surface area (Å²) >= 11 is 0. The van der Waals surface area contributed by atoms with Gasteiger partial charge in [-0.25, -0.2) is 0 Å². The summed E-state index contributed by atoms with van der Waals surface area (Å²) < 4.78 is 0. The number of carbonyl (C=O) groups is 1. The molecule has 2 aromatic carbocycles. The van der Waals surface area contributed by atoms with Crippen LogP contribution in [0.5, 0.6) is 0 Å². The van der Waals surface area contributed by atoms with Crippen molar-refractivity contribution >= 4 is 33.4 Å². The van der Waals surface area contributed by atoms with Crippen molar-refractivity contribution in [3.8, 4) is 0 Å². The Morgan fingerprint density at radius 1 is 0.870 bits per heavy atom. The van der Waals surface area contributed by atoms with Crippen LogP contribution in [0.3, 0.4) is 0 Å². The fourth-order valence-electron chi connectivity index (χ4n) is 2.63. The number of hydrogen-bond donors (Lipinski definition) is 1. The van der Waals surface area contributed by atoms with E-state index in [9.17, 15) is 4.79 Å². The fraction of sp³-hybridized carbons (Fsp3) is 0. The first-order chi connectivity index (χ1) is 11.3. The molecule has 0 fully saturated rings. The Morgan fingerprint density at radius 2 is 1.70 bits per heavy atom. The molecule has 0 unspecified atom stereocenters. The second-order valence-electron chi connectivity index (χ2n) is 5.25. The fourth-order valence-corrected chi connectivity index (χ4v) is 2.63. The SMILES string of the molecule is O=C(Nc1cnc2ccccc2c1)c1cccc2cccnc12. The van der Waals surface area contributed by atoms with Crippen molar-refractivity contribution in [1.29, 1.82) is 0 Å². The molecule has 0 aliphatic carbocycles. The molecule has 4 rings (SSSR count). The van der Waals surface area contributed by atoms with Crippen LogP contribution in [0.25, 0.3) is 21.8 Å². The summed E-state index contributed by atoms with van der Waals surface area (Å²) in [6, 6.07) is 19.1. The van der Waals surface area contributed by atoms with E-state index < -0.39 is 0 Å². The molecule has 23 heavy (non-hydrogen) atoms. The van der Waals surface area contributed by atoms with E-state index in [0.29, 0.717) is 16.8 Å². The largest absolute Gasteiger partial charge is 0.321 e.